The number of hydrogen-bond donors (Lipinski definition) is 2. The summed E-state index contributed by atoms with van der Waals surface area (Å²) in [6.45, 7) is 5.07. The molecule has 0 atom stereocenters. The van der Waals surface area contributed by atoms with Crippen molar-refractivity contribution in [3.63, 3.8) is 0 Å². The van der Waals surface area contributed by atoms with E-state index in [2.05, 4.69) is 26.5 Å². The van der Waals surface area contributed by atoms with E-state index in [-0.39, 0.29) is 0 Å². The van der Waals surface area contributed by atoms with E-state index in [9.17, 15) is 9.59 Å². The first-order valence-corrected chi connectivity index (χ1v) is 10.4. The zero-order chi connectivity index (χ0) is 22.1. The number of methoxy groups -OCH3 is 2. The Kier molecular flexibility index (Phi) is 8.12. The summed E-state index contributed by atoms with van der Waals surface area (Å²) in [4.78, 5) is 28.8. The van der Waals surface area contributed by atoms with Crippen LogP contribution in [0.2, 0.25) is 0 Å². The summed E-state index contributed by atoms with van der Waals surface area (Å²) < 4.78 is 10.6. The molecule has 0 radical (unpaired) electrons. The van der Waals surface area contributed by atoms with Gasteiger partial charge in [-0.25, -0.2) is 0 Å². The van der Waals surface area contributed by atoms with Gasteiger partial charge in [0.15, 0.2) is 0 Å². The van der Waals surface area contributed by atoms with Crippen molar-refractivity contribution in [2.24, 2.45) is 0 Å². The number of anilines is 2. The van der Waals surface area contributed by atoms with Crippen molar-refractivity contribution < 1.29 is 19.1 Å². The zero-order valence-corrected chi connectivity index (χ0v) is 18.1. The topological polar surface area (TPSA) is 83.1 Å². The Morgan fingerprint density at radius 3 is 2.45 bits per heavy atom. The minimum Gasteiger partial charge on any atom is -0.497 e. The third-order valence-corrected chi connectivity index (χ3v) is 5.27. The number of hydrogen-bond acceptors (Lipinski definition) is 6. The van der Waals surface area contributed by atoms with Gasteiger partial charge in [-0.05, 0) is 37.2 Å². The number of ether oxygens (including phenoxy) is 2. The molecule has 2 amide bonds. The maximum atomic E-state index is 12.0. The van der Waals surface area contributed by atoms with Gasteiger partial charge in [-0.15, -0.1) is 0 Å². The molecule has 2 aromatic rings. The molecule has 0 aliphatic carbocycles. The molecule has 0 spiro atoms. The molecule has 31 heavy (non-hydrogen) atoms. The minimum atomic E-state index is -0.682. The number of carbonyl (C=O) groups excluding carboxylic acids is 2. The molecule has 3 rings (SSSR count). The molecule has 1 aliphatic rings. The van der Waals surface area contributed by atoms with Crippen LogP contribution in [-0.2, 0) is 9.59 Å². The van der Waals surface area contributed by atoms with Crippen LogP contribution >= 0.6 is 0 Å². The summed E-state index contributed by atoms with van der Waals surface area (Å²) in [6.07, 6.45) is 0.785. The Balaban J connectivity index is 1.34. The van der Waals surface area contributed by atoms with E-state index in [1.165, 1.54) is 0 Å². The summed E-state index contributed by atoms with van der Waals surface area (Å²) in [7, 11) is 3.24. The Morgan fingerprint density at radius 1 is 0.935 bits per heavy atom. The summed E-state index contributed by atoms with van der Waals surface area (Å²) >= 11 is 0. The fourth-order valence-electron chi connectivity index (χ4n) is 3.58. The van der Waals surface area contributed by atoms with Crippen LogP contribution in [0.1, 0.15) is 6.42 Å². The first kappa shape index (κ1) is 22.4. The van der Waals surface area contributed by atoms with Crippen molar-refractivity contribution in [2.75, 3.05) is 63.7 Å². The molecule has 0 unspecified atom stereocenters. The highest BCUT2D eigenvalue weighted by atomic mass is 16.5. The predicted octanol–water partition coefficient (Wildman–Crippen LogP) is 1.97. The van der Waals surface area contributed by atoms with E-state index in [0.29, 0.717) is 18.0 Å². The monoisotopic (exact) mass is 426 g/mol. The van der Waals surface area contributed by atoms with Crippen molar-refractivity contribution in [2.45, 2.75) is 6.42 Å². The summed E-state index contributed by atoms with van der Waals surface area (Å²) in [5.74, 6) is 0.192. The molecule has 1 saturated heterocycles. The Hall–Kier alpha value is -3.26. The maximum Gasteiger partial charge on any atom is 0.313 e. The van der Waals surface area contributed by atoms with E-state index < -0.39 is 11.8 Å². The van der Waals surface area contributed by atoms with E-state index in [1.54, 1.807) is 38.5 Å². The maximum absolute atomic E-state index is 12.0. The standard InChI is InChI=1S/C23H30N4O4/c1-30-19-8-5-7-18(17-19)25-23(29)22(28)24-11-6-12-26-13-15-27(16-14-26)20-9-3-4-10-21(20)31-2/h3-5,7-10,17H,6,11-16H2,1-2H3,(H,24,28)(H,25,29). The first-order valence-electron chi connectivity index (χ1n) is 10.4. The van der Waals surface area contributed by atoms with Crippen molar-refractivity contribution >= 4 is 23.2 Å². The molecule has 0 aromatic heterocycles. The van der Waals surface area contributed by atoms with Crippen LogP contribution in [0, 0.1) is 0 Å². The van der Waals surface area contributed by atoms with Crippen LogP contribution < -0.4 is 25.0 Å². The molecule has 8 heteroatoms. The molecule has 2 N–H and O–H groups in total. The zero-order valence-electron chi connectivity index (χ0n) is 18.1. The van der Waals surface area contributed by atoms with Crippen LogP contribution in [0.3, 0.4) is 0 Å². The van der Waals surface area contributed by atoms with Crippen molar-refractivity contribution in [1.29, 1.82) is 0 Å². The second kappa shape index (κ2) is 11.2. The summed E-state index contributed by atoms with van der Waals surface area (Å²) in [5, 5.41) is 5.26. The molecule has 1 heterocycles. The predicted molar refractivity (Wildman–Crippen MR) is 121 cm³/mol. The number of benzene rings is 2. The van der Waals surface area contributed by atoms with Crippen LogP contribution in [0.15, 0.2) is 48.5 Å². The van der Waals surface area contributed by atoms with Gasteiger partial charge in [0.2, 0.25) is 0 Å². The van der Waals surface area contributed by atoms with E-state index in [0.717, 1.165) is 50.6 Å². The van der Waals surface area contributed by atoms with Crippen LogP contribution in [-0.4, -0.2) is 70.2 Å². The SMILES string of the molecule is COc1cccc(NC(=O)C(=O)NCCCN2CCN(c3ccccc3OC)CC2)c1. The molecular formula is C23H30N4O4. The van der Waals surface area contributed by atoms with Crippen molar-refractivity contribution in [3.05, 3.63) is 48.5 Å². The molecule has 1 aliphatic heterocycles. The number of carbonyl (C=O) groups is 2. The number of nitrogens with one attached hydrogen (secondary N) is 2. The molecule has 0 bridgehead atoms. The number of para-hydroxylation sites is 2. The lowest BCUT2D eigenvalue weighted by molar-refractivity contribution is -0.136. The van der Waals surface area contributed by atoms with Gasteiger partial charge in [-0.1, -0.05) is 18.2 Å². The molecule has 2 aromatic carbocycles. The normalized spacial score (nSPS) is 14.1. The molecule has 0 saturated carbocycles. The Morgan fingerprint density at radius 2 is 1.71 bits per heavy atom. The van der Waals surface area contributed by atoms with Gasteiger partial charge < -0.3 is 25.0 Å². The highest BCUT2D eigenvalue weighted by Crippen LogP contribution is 2.28. The number of nitrogens with zero attached hydrogens (tertiary/aromatic N) is 2. The van der Waals surface area contributed by atoms with Gasteiger partial charge in [0.1, 0.15) is 11.5 Å². The lowest BCUT2D eigenvalue weighted by atomic mass is 10.2. The average Bonchev–Trinajstić information content (AvgIpc) is 2.82. The lowest BCUT2D eigenvalue weighted by Crippen LogP contribution is -2.47. The molecule has 8 nitrogen and oxygen atoms in total. The molecular weight excluding hydrogens is 396 g/mol. The minimum absolute atomic E-state index is 0.455. The van der Waals surface area contributed by atoms with E-state index >= 15 is 0 Å². The highest BCUT2D eigenvalue weighted by Gasteiger charge is 2.19. The fourth-order valence-corrected chi connectivity index (χ4v) is 3.58. The van der Waals surface area contributed by atoms with Gasteiger partial charge in [-0.3, -0.25) is 14.5 Å². The second-order valence-electron chi connectivity index (χ2n) is 7.30. The quantitative estimate of drug-likeness (QED) is 0.496. The molecule has 1 fully saturated rings. The highest BCUT2D eigenvalue weighted by molar-refractivity contribution is 6.39. The number of amides is 2. The summed E-state index contributed by atoms with van der Waals surface area (Å²) in [6, 6.07) is 15.0. The van der Waals surface area contributed by atoms with Crippen LogP contribution in [0.25, 0.3) is 0 Å². The molecule has 166 valence electrons. The third kappa shape index (κ3) is 6.36. The van der Waals surface area contributed by atoms with Crippen molar-refractivity contribution in [1.82, 2.24) is 10.2 Å². The van der Waals surface area contributed by atoms with Gasteiger partial charge in [-0.2, -0.15) is 0 Å². The fraction of sp³-hybridized carbons (Fsp3) is 0.391. The van der Waals surface area contributed by atoms with Gasteiger partial charge in [0.05, 0.1) is 19.9 Å². The summed E-state index contributed by atoms with van der Waals surface area (Å²) in [5.41, 5.74) is 1.64. The van der Waals surface area contributed by atoms with E-state index in [1.807, 2.05) is 18.2 Å². The average molecular weight is 427 g/mol. The van der Waals surface area contributed by atoms with Gasteiger partial charge >= 0.3 is 11.8 Å². The Bertz CT molecular complexity index is 881. The number of rotatable bonds is 8. The van der Waals surface area contributed by atoms with Crippen LogP contribution in [0.4, 0.5) is 11.4 Å². The van der Waals surface area contributed by atoms with Crippen LogP contribution in [0.5, 0.6) is 11.5 Å². The van der Waals surface area contributed by atoms with Gasteiger partial charge in [0.25, 0.3) is 0 Å². The third-order valence-electron chi connectivity index (χ3n) is 5.27. The van der Waals surface area contributed by atoms with Crippen molar-refractivity contribution in [3.8, 4) is 11.5 Å². The lowest BCUT2D eigenvalue weighted by Gasteiger charge is -2.36. The smallest absolute Gasteiger partial charge is 0.313 e. The Labute approximate surface area is 183 Å². The largest absolute Gasteiger partial charge is 0.497 e. The van der Waals surface area contributed by atoms with E-state index in [4.69, 9.17) is 9.47 Å². The first-order chi connectivity index (χ1) is 15.1. The second-order valence-corrected chi connectivity index (χ2v) is 7.30. The number of piperazine rings is 1. The van der Waals surface area contributed by atoms with Gasteiger partial charge in [0, 0.05) is 44.5 Å².